The number of aromatic nitrogens is 1. The molecule has 1 aromatic heterocycles. The van der Waals surface area contributed by atoms with Gasteiger partial charge in [-0.3, -0.25) is 4.98 Å². The highest BCUT2D eigenvalue weighted by Crippen LogP contribution is 2.21. The molecule has 0 spiro atoms. The highest BCUT2D eigenvalue weighted by atomic mass is 35.5. The minimum absolute atomic E-state index is 0.466. The van der Waals surface area contributed by atoms with Gasteiger partial charge in [-0.25, -0.2) is 0 Å². The smallest absolute Gasteiger partial charge is 0.0722 e. The number of halogens is 1. The minimum Gasteiger partial charge on any atom is -0.384 e. The molecule has 0 amide bonds. The Hall–Kier alpha value is -1.28. The average molecular weight is 235 g/mol. The van der Waals surface area contributed by atoms with E-state index >= 15 is 0 Å². The Kier molecular flexibility index (Phi) is 3.62. The van der Waals surface area contributed by atoms with Crippen LogP contribution in [0.3, 0.4) is 0 Å². The Morgan fingerprint density at radius 3 is 2.94 bits per heavy atom. The van der Waals surface area contributed by atoms with E-state index in [1.165, 1.54) is 0 Å². The molecule has 1 atom stereocenters. The second-order valence-corrected chi connectivity index (χ2v) is 4.32. The number of para-hydroxylation sites is 1. The molecule has 0 saturated carbocycles. The van der Waals surface area contributed by atoms with Crippen molar-refractivity contribution in [3.8, 4) is 0 Å². The quantitative estimate of drug-likeness (QED) is 0.819. The maximum atomic E-state index is 5.78. The van der Waals surface area contributed by atoms with Gasteiger partial charge in [-0.1, -0.05) is 25.1 Å². The lowest BCUT2D eigenvalue weighted by Gasteiger charge is -2.12. The molecule has 1 N–H and O–H groups in total. The zero-order valence-corrected chi connectivity index (χ0v) is 10.0. The maximum Gasteiger partial charge on any atom is 0.0722 e. The van der Waals surface area contributed by atoms with Crippen molar-refractivity contribution in [1.29, 1.82) is 0 Å². The van der Waals surface area contributed by atoms with Gasteiger partial charge in [-0.05, 0) is 18.1 Å². The van der Waals surface area contributed by atoms with Gasteiger partial charge in [0.1, 0.15) is 0 Å². The number of nitrogens with zero attached hydrogens (tertiary/aromatic N) is 1. The van der Waals surface area contributed by atoms with Crippen LogP contribution in [-0.4, -0.2) is 17.4 Å². The normalized spacial score (nSPS) is 12.6. The predicted molar refractivity (Wildman–Crippen MR) is 70.1 cm³/mol. The summed E-state index contributed by atoms with van der Waals surface area (Å²) in [5.74, 6) is 1.14. The number of pyridine rings is 1. The van der Waals surface area contributed by atoms with Crippen LogP contribution < -0.4 is 5.32 Å². The topological polar surface area (TPSA) is 24.9 Å². The molecule has 1 unspecified atom stereocenters. The molecule has 0 aliphatic heterocycles. The first-order valence-corrected chi connectivity index (χ1v) is 5.98. The van der Waals surface area contributed by atoms with E-state index in [1.54, 1.807) is 0 Å². The van der Waals surface area contributed by atoms with Crippen molar-refractivity contribution in [3.63, 3.8) is 0 Å². The van der Waals surface area contributed by atoms with E-state index < -0.39 is 0 Å². The first-order chi connectivity index (χ1) is 7.81. The van der Waals surface area contributed by atoms with Crippen molar-refractivity contribution in [2.45, 2.75) is 6.92 Å². The van der Waals surface area contributed by atoms with Crippen LogP contribution in [0.25, 0.3) is 10.9 Å². The molecule has 2 nitrogen and oxygen atoms in total. The monoisotopic (exact) mass is 234 g/mol. The van der Waals surface area contributed by atoms with E-state index in [1.807, 2.05) is 30.5 Å². The molecule has 2 rings (SSSR count). The van der Waals surface area contributed by atoms with Gasteiger partial charge in [-0.15, -0.1) is 11.6 Å². The molecule has 0 bridgehead atoms. The van der Waals surface area contributed by atoms with Gasteiger partial charge in [0, 0.05) is 29.7 Å². The molecule has 16 heavy (non-hydrogen) atoms. The van der Waals surface area contributed by atoms with Gasteiger partial charge in [0.2, 0.25) is 0 Å². The maximum absolute atomic E-state index is 5.78. The van der Waals surface area contributed by atoms with Gasteiger partial charge in [0.25, 0.3) is 0 Å². The van der Waals surface area contributed by atoms with Gasteiger partial charge in [0.15, 0.2) is 0 Å². The third-order valence-corrected chi connectivity index (χ3v) is 3.08. The molecule has 0 aliphatic carbocycles. The van der Waals surface area contributed by atoms with Gasteiger partial charge < -0.3 is 5.32 Å². The van der Waals surface area contributed by atoms with E-state index in [0.29, 0.717) is 11.8 Å². The summed E-state index contributed by atoms with van der Waals surface area (Å²) in [5.41, 5.74) is 2.15. The fraction of sp³-hybridized carbons (Fsp3) is 0.308. The van der Waals surface area contributed by atoms with Gasteiger partial charge in [0.05, 0.1) is 5.52 Å². The third-order valence-electron chi connectivity index (χ3n) is 2.55. The van der Waals surface area contributed by atoms with E-state index in [0.717, 1.165) is 23.1 Å². The van der Waals surface area contributed by atoms with E-state index in [2.05, 4.69) is 23.3 Å². The highest BCUT2D eigenvalue weighted by Gasteiger charge is 2.03. The highest BCUT2D eigenvalue weighted by molar-refractivity contribution is 6.18. The second-order valence-electron chi connectivity index (χ2n) is 4.02. The standard InChI is InChI=1S/C13H15ClN2/c1-10(8-14)9-16-13-6-7-15-12-5-3-2-4-11(12)13/h2-7,10H,8-9H2,1H3,(H,15,16). The largest absolute Gasteiger partial charge is 0.384 e. The van der Waals surface area contributed by atoms with E-state index in [9.17, 15) is 0 Å². The number of hydrogen-bond acceptors (Lipinski definition) is 2. The number of hydrogen-bond donors (Lipinski definition) is 1. The van der Waals surface area contributed by atoms with Crippen molar-refractivity contribution in [2.24, 2.45) is 5.92 Å². The molecule has 3 heteroatoms. The Morgan fingerprint density at radius 2 is 2.12 bits per heavy atom. The summed E-state index contributed by atoms with van der Waals surface area (Å²) >= 11 is 5.78. The zero-order chi connectivity index (χ0) is 11.4. The van der Waals surface area contributed by atoms with Crippen molar-refractivity contribution < 1.29 is 0 Å². The summed E-state index contributed by atoms with van der Waals surface area (Å²) in [6, 6.07) is 10.1. The molecule has 0 radical (unpaired) electrons. The summed E-state index contributed by atoms with van der Waals surface area (Å²) in [6.07, 6.45) is 1.83. The van der Waals surface area contributed by atoms with Crippen molar-refractivity contribution >= 4 is 28.2 Å². The summed E-state index contributed by atoms with van der Waals surface area (Å²) in [7, 11) is 0. The predicted octanol–water partition coefficient (Wildman–Crippen LogP) is 3.52. The number of fused-ring (bicyclic) bond motifs is 1. The van der Waals surface area contributed by atoms with Crippen molar-refractivity contribution in [1.82, 2.24) is 4.98 Å². The van der Waals surface area contributed by atoms with Crippen LogP contribution in [0.1, 0.15) is 6.92 Å². The summed E-state index contributed by atoms with van der Waals surface area (Å²) in [6.45, 7) is 3.01. The SMILES string of the molecule is CC(CCl)CNc1ccnc2ccccc12. The average Bonchev–Trinajstić information content (AvgIpc) is 2.35. The minimum atomic E-state index is 0.466. The lowest BCUT2D eigenvalue weighted by molar-refractivity contribution is 0.697. The molecule has 1 heterocycles. The first-order valence-electron chi connectivity index (χ1n) is 5.45. The number of nitrogens with one attached hydrogen (secondary N) is 1. The van der Waals surface area contributed by atoms with Crippen LogP contribution in [-0.2, 0) is 0 Å². The van der Waals surface area contributed by atoms with Crippen LogP contribution in [0.5, 0.6) is 0 Å². The fourth-order valence-electron chi connectivity index (χ4n) is 1.59. The van der Waals surface area contributed by atoms with E-state index in [4.69, 9.17) is 11.6 Å². The second kappa shape index (κ2) is 5.17. The Bertz CT molecular complexity index is 465. The zero-order valence-electron chi connectivity index (χ0n) is 9.28. The summed E-state index contributed by atoms with van der Waals surface area (Å²) < 4.78 is 0. The van der Waals surface area contributed by atoms with Crippen LogP contribution in [0.15, 0.2) is 36.5 Å². The number of alkyl halides is 1. The molecule has 0 saturated heterocycles. The number of rotatable bonds is 4. The van der Waals surface area contributed by atoms with Crippen LogP contribution >= 0.6 is 11.6 Å². The Labute approximate surface area is 101 Å². The van der Waals surface area contributed by atoms with Crippen molar-refractivity contribution in [2.75, 3.05) is 17.7 Å². The van der Waals surface area contributed by atoms with Crippen LogP contribution in [0.2, 0.25) is 0 Å². The Morgan fingerprint density at radius 1 is 1.31 bits per heavy atom. The third kappa shape index (κ3) is 2.45. The molecule has 1 aromatic carbocycles. The molecular weight excluding hydrogens is 220 g/mol. The molecule has 0 aliphatic rings. The van der Waals surface area contributed by atoms with Crippen LogP contribution in [0, 0.1) is 5.92 Å². The summed E-state index contributed by atoms with van der Waals surface area (Å²) in [4.78, 5) is 4.32. The molecule has 84 valence electrons. The lowest BCUT2D eigenvalue weighted by Crippen LogP contribution is -2.12. The Balaban J connectivity index is 2.23. The number of anilines is 1. The summed E-state index contributed by atoms with van der Waals surface area (Å²) in [5, 5.41) is 4.57. The molecular formula is C13H15ClN2. The van der Waals surface area contributed by atoms with Crippen LogP contribution in [0.4, 0.5) is 5.69 Å². The molecule has 2 aromatic rings. The molecule has 0 fully saturated rings. The van der Waals surface area contributed by atoms with E-state index in [-0.39, 0.29) is 0 Å². The number of benzene rings is 1. The van der Waals surface area contributed by atoms with Gasteiger partial charge >= 0.3 is 0 Å². The van der Waals surface area contributed by atoms with Crippen molar-refractivity contribution in [3.05, 3.63) is 36.5 Å². The van der Waals surface area contributed by atoms with Gasteiger partial charge in [-0.2, -0.15) is 0 Å². The first kappa shape index (κ1) is 11.2. The lowest BCUT2D eigenvalue weighted by atomic mass is 10.1. The fourth-order valence-corrected chi connectivity index (χ4v) is 1.70.